The molecule has 0 spiro atoms. The molecular weight excluding hydrogens is 540 g/mol. The van der Waals surface area contributed by atoms with Gasteiger partial charge in [-0.3, -0.25) is 4.79 Å². The van der Waals surface area contributed by atoms with Crippen LogP contribution in [0, 0.1) is 11.8 Å². The summed E-state index contributed by atoms with van der Waals surface area (Å²) in [5.41, 5.74) is 5.70. The van der Waals surface area contributed by atoms with Crippen molar-refractivity contribution < 1.29 is 28.5 Å². The Balaban J connectivity index is 1.11. The zero-order valence-corrected chi connectivity index (χ0v) is 23.6. The highest BCUT2D eigenvalue weighted by molar-refractivity contribution is 5.90. The number of esters is 2. The van der Waals surface area contributed by atoms with Gasteiger partial charge < -0.3 is 18.9 Å². The summed E-state index contributed by atoms with van der Waals surface area (Å²) >= 11 is 0. The lowest BCUT2D eigenvalue weighted by Crippen LogP contribution is -2.28. The topological polar surface area (TPSA) is 71.1 Å². The van der Waals surface area contributed by atoms with Gasteiger partial charge in [-0.2, -0.15) is 0 Å². The molecule has 2 aliphatic heterocycles. The molecular formula is C37H32O6. The molecule has 0 bridgehead atoms. The quantitative estimate of drug-likeness (QED) is 0.176. The molecule has 4 atom stereocenters. The van der Waals surface area contributed by atoms with Crippen molar-refractivity contribution in [3.63, 3.8) is 0 Å². The van der Waals surface area contributed by atoms with Crippen molar-refractivity contribution in [2.75, 3.05) is 13.2 Å². The summed E-state index contributed by atoms with van der Waals surface area (Å²) in [6.07, 6.45) is 3.94. The van der Waals surface area contributed by atoms with Crippen LogP contribution in [0.25, 0.3) is 22.3 Å². The largest absolute Gasteiger partial charge is 0.462 e. The second-order valence-corrected chi connectivity index (χ2v) is 11.3. The van der Waals surface area contributed by atoms with Crippen molar-refractivity contribution in [3.8, 4) is 22.3 Å². The van der Waals surface area contributed by atoms with Crippen LogP contribution >= 0.6 is 0 Å². The zero-order valence-electron chi connectivity index (χ0n) is 23.6. The van der Waals surface area contributed by atoms with Crippen LogP contribution in [-0.4, -0.2) is 37.4 Å². The Hall–Kier alpha value is -4.52. The van der Waals surface area contributed by atoms with Gasteiger partial charge in [0.2, 0.25) is 5.79 Å². The molecule has 0 unspecified atom stereocenters. The molecule has 4 aromatic rings. The molecule has 7 rings (SSSR count). The maximum atomic E-state index is 13.3. The van der Waals surface area contributed by atoms with Gasteiger partial charge >= 0.3 is 11.9 Å². The Kier molecular flexibility index (Phi) is 7.39. The monoisotopic (exact) mass is 572 g/mol. The molecule has 6 nitrogen and oxygen atoms in total. The fourth-order valence-corrected chi connectivity index (χ4v) is 6.48. The minimum absolute atomic E-state index is 0.0825. The normalized spacial score (nSPS) is 24.1. The molecule has 1 aliphatic carbocycles. The van der Waals surface area contributed by atoms with E-state index in [-0.39, 0.29) is 23.9 Å². The van der Waals surface area contributed by atoms with Gasteiger partial charge in [0.05, 0.1) is 25.2 Å². The van der Waals surface area contributed by atoms with Gasteiger partial charge in [-0.1, -0.05) is 103 Å². The van der Waals surface area contributed by atoms with Crippen LogP contribution < -0.4 is 0 Å². The van der Waals surface area contributed by atoms with Crippen molar-refractivity contribution in [1.29, 1.82) is 0 Å². The lowest BCUT2D eigenvalue weighted by molar-refractivity contribution is -0.141. The molecule has 43 heavy (non-hydrogen) atoms. The van der Waals surface area contributed by atoms with E-state index in [0.717, 1.165) is 27.8 Å². The predicted molar refractivity (Wildman–Crippen MR) is 162 cm³/mol. The van der Waals surface area contributed by atoms with Crippen molar-refractivity contribution in [3.05, 3.63) is 132 Å². The maximum absolute atomic E-state index is 13.3. The molecule has 2 heterocycles. The third kappa shape index (κ3) is 5.52. The average molecular weight is 573 g/mol. The summed E-state index contributed by atoms with van der Waals surface area (Å²) in [5, 5.41) is 0. The highest BCUT2D eigenvalue weighted by Gasteiger charge is 2.51. The first-order valence-electron chi connectivity index (χ1n) is 14.8. The number of rotatable bonds is 7. The number of hydrogen-bond donors (Lipinski definition) is 0. The number of carbonyl (C=O) groups is 2. The van der Waals surface area contributed by atoms with Crippen LogP contribution in [0.4, 0.5) is 0 Å². The molecule has 0 N–H and O–H groups in total. The lowest BCUT2D eigenvalue weighted by atomic mass is 9.90. The summed E-state index contributed by atoms with van der Waals surface area (Å²) in [7, 11) is 0. The molecule has 216 valence electrons. The first-order valence-corrected chi connectivity index (χ1v) is 14.8. The third-order valence-corrected chi connectivity index (χ3v) is 8.69. The number of ether oxygens (including phenoxy) is 4. The summed E-state index contributed by atoms with van der Waals surface area (Å²) in [6.45, 7) is 0.918. The molecule has 1 saturated carbocycles. The highest BCUT2D eigenvalue weighted by Crippen LogP contribution is 2.45. The molecule has 0 radical (unpaired) electrons. The van der Waals surface area contributed by atoms with E-state index in [4.69, 9.17) is 18.9 Å². The Labute approximate surface area is 250 Å². The van der Waals surface area contributed by atoms with E-state index in [2.05, 4.69) is 24.3 Å². The summed E-state index contributed by atoms with van der Waals surface area (Å²) in [4.78, 5) is 25.5. The summed E-state index contributed by atoms with van der Waals surface area (Å²) < 4.78 is 24.1. The highest BCUT2D eigenvalue weighted by atomic mass is 16.7. The SMILES string of the molecule is O=C1C[C@@H]2[C@@H](/C=C/C3(c4ccc(-c5ccccc5)cc4)OCCO3)[C@H](OC(=O)c3ccc(-c4ccccc4)cc3)C[C@@H]2O1. The lowest BCUT2D eigenvalue weighted by Gasteiger charge is -2.26. The van der Waals surface area contributed by atoms with Gasteiger partial charge in [-0.25, -0.2) is 4.79 Å². The summed E-state index contributed by atoms with van der Waals surface area (Å²) in [5.74, 6) is -1.97. The Morgan fingerprint density at radius 2 is 1.30 bits per heavy atom. The minimum atomic E-state index is -1.06. The molecule has 2 saturated heterocycles. The van der Waals surface area contributed by atoms with Gasteiger partial charge in [0.15, 0.2) is 0 Å². The zero-order chi connectivity index (χ0) is 29.2. The number of fused-ring (bicyclic) bond motifs is 1. The van der Waals surface area contributed by atoms with E-state index in [1.54, 1.807) is 12.1 Å². The second kappa shape index (κ2) is 11.6. The van der Waals surface area contributed by atoms with Gasteiger partial charge in [0, 0.05) is 23.8 Å². The summed E-state index contributed by atoms with van der Waals surface area (Å²) in [6, 6.07) is 35.8. The molecule has 3 aliphatic rings. The van der Waals surface area contributed by atoms with Crippen molar-refractivity contribution in [2.24, 2.45) is 11.8 Å². The van der Waals surface area contributed by atoms with Crippen LogP contribution in [-0.2, 0) is 29.5 Å². The van der Waals surface area contributed by atoms with E-state index < -0.39 is 17.9 Å². The standard InChI is InChI=1S/C37H32O6/c38-35-23-32-31(19-20-37(40-21-22-41-37)30-17-15-28(16-18-30)26-9-5-2-6-10-26)33(24-34(32)42-35)43-36(39)29-13-11-27(12-14-29)25-7-3-1-4-8-25/h1-20,31-34H,21-24H2/b20-19+/t31-,32-,33-,34+/m1/s1. The fourth-order valence-electron chi connectivity index (χ4n) is 6.48. The van der Waals surface area contributed by atoms with Gasteiger partial charge in [0.1, 0.15) is 12.2 Å². The van der Waals surface area contributed by atoms with Crippen molar-refractivity contribution in [1.82, 2.24) is 0 Å². The van der Waals surface area contributed by atoms with E-state index >= 15 is 0 Å². The second-order valence-electron chi connectivity index (χ2n) is 11.3. The van der Waals surface area contributed by atoms with Crippen LogP contribution in [0.15, 0.2) is 121 Å². The smallest absolute Gasteiger partial charge is 0.338 e. The first-order chi connectivity index (χ1) is 21.1. The number of hydrogen-bond acceptors (Lipinski definition) is 6. The Bertz CT molecular complexity index is 1610. The van der Waals surface area contributed by atoms with Gasteiger partial charge in [-0.05, 0) is 40.5 Å². The number of benzene rings is 4. The number of carbonyl (C=O) groups excluding carboxylic acids is 2. The van der Waals surface area contributed by atoms with E-state index in [1.807, 2.05) is 84.9 Å². The molecule has 0 amide bonds. The maximum Gasteiger partial charge on any atom is 0.338 e. The molecule has 3 fully saturated rings. The van der Waals surface area contributed by atoms with Gasteiger partial charge in [0.25, 0.3) is 0 Å². The van der Waals surface area contributed by atoms with Crippen molar-refractivity contribution in [2.45, 2.75) is 30.8 Å². The third-order valence-electron chi connectivity index (χ3n) is 8.69. The Morgan fingerprint density at radius 3 is 1.91 bits per heavy atom. The molecule has 0 aromatic heterocycles. The minimum Gasteiger partial charge on any atom is -0.462 e. The fraction of sp³-hybridized carbons (Fsp3) is 0.243. The van der Waals surface area contributed by atoms with E-state index in [1.165, 1.54) is 0 Å². The van der Waals surface area contributed by atoms with E-state index in [9.17, 15) is 9.59 Å². The predicted octanol–water partition coefficient (Wildman–Crippen LogP) is 6.95. The van der Waals surface area contributed by atoms with E-state index in [0.29, 0.717) is 31.6 Å². The molecule has 4 aromatic carbocycles. The average Bonchev–Trinajstić information content (AvgIpc) is 3.76. The van der Waals surface area contributed by atoms with Crippen LogP contribution in [0.2, 0.25) is 0 Å². The van der Waals surface area contributed by atoms with Crippen LogP contribution in [0.5, 0.6) is 0 Å². The van der Waals surface area contributed by atoms with Crippen LogP contribution in [0.3, 0.4) is 0 Å². The van der Waals surface area contributed by atoms with Crippen LogP contribution in [0.1, 0.15) is 28.8 Å². The first kappa shape index (κ1) is 27.3. The Morgan fingerprint density at radius 1 is 0.744 bits per heavy atom. The van der Waals surface area contributed by atoms with Crippen molar-refractivity contribution >= 4 is 11.9 Å². The van der Waals surface area contributed by atoms with Gasteiger partial charge in [-0.15, -0.1) is 0 Å². The molecule has 6 heteroatoms.